The number of ether oxygens (including phenoxy) is 1. The maximum Gasteiger partial charge on any atom is 0.412 e. The van der Waals surface area contributed by atoms with E-state index in [1.165, 1.54) is 7.05 Å². The first-order valence-electron chi connectivity index (χ1n) is 6.15. The summed E-state index contributed by atoms with van der Waals surface area (Å²) >= 11 is 6.14. The van der Waals surface area contributed by atoms with Gasteiger partial charge in [-0.25, -0.2) is 4.79 Å². The van der Waals surface area contributed by atoms with E-state index in [9.17, 15) is 4.79 Å². The number of tetrazole rings is 1. The van der Waals surface area contributed by atoms with Gasteiger partial charge in [0.05, 0.1) is 11.2 Å². The van der Waals surface area contributed by atoms with Crippen molar-refractivity contribution in [1.82, 2.24) is 36.1 Å². The summed E-state index contributed by atoms with van der Waals surface area (Å²) in [5.74, 6) is 0.642. The van der Waals surface area contributed by atoms with Crippen LogP contribution in [-0.2, 0) is 0 Å². The summed E-state index contributed by atoms with van der Waals surface area (Å²) in [6.07, 6.45) is 1.03. The van der Waals surface area contributed by atoms with Crippen molar-refractivity contribution in [3.63, 3.8) is 0 Å². The van der Waals surface area contributed by atoms with Crippen LogP contribution in [-0.4, -0.2) is 44.0 Å². The first kappa shape index (κ1) is 14.0. The molecule has 0 aliphatic heterocycles. The molecule has 0 bridgehead atoms. The number of amides is 1. The summed E-state index contributed by atoms with van der Waals surface area (Å²) in [6, 6.07) is 5.01. The summed E-state index contributed by atoms with van der Waals surface area (Å²) in [7, 11) is 1.47. The average molecular weight is 320 g/mol. The number of benzene rings is 1. The van der Waals surface area contributed by atoms with Crippen molar-refractivity contribution in [2.45, 2.75) is 0 Å². The van der Waals surface area contributed by atoms with E-state index in [4.69, 9.17) is 16.3 Å². The number of rotatable bonds is 3. The van der Waals surface area contributed by atoms with Crippen LogP contribution in [0.25, 0.3) is 22.6 Å². The largest absolute Gasteiger partial charge is 0.412 e. The van der Waals surface area contributed by atoms with Crippen LogP contribution in [0.3, 0.4) is 0 Å². The van der Waals surface area contributed by atoms with Gasteiger partial charge >= 0.3 is 6.09 Å². The van der Waals surface area contributed by atoms with Crippen LogP contribution in [0.5, 0.6) is 5.75 Å². The third-order valence-corrected chi connectivity index (χ3v) is 3.15. The Balaban J connectivity index is 1.95. The monoisotopic (exact) mass is 319 g/mol. The van der Waals surface area contributed by atoms with Crippen molar-refractivity contribution >= 4 is 17.7 Å². The van der Waals surface area contributed by atoms with Gasteiger partial charge in [-0.15, -0.1) is 10.2 Å². The molecule has 1 amide bonds. The van der Waals surface area contributed by atoms with Crippen LogP contribution < -0.4 is 10.1 Å². The second kappa shape index (κ2) is 5.82. The van der Waals surface area contributed by atoms with E-state index >= 15 is 0 Å². The molecule has 3 N–H and O–H groups in total. The third-order valence-electron chi connectivity index (χ3n) is 2.86. The molecule has 9 nitrogen and oxygen atoms in total. The van der Waals surface area contributed by atoms with Crippen molar-refractivity contribution in [2.24, 2.45) is 0 Å². The first-order chi connectivity index (χ1) is 10.7. The van der Waals surface area contributed by atoms with Gasteiger partial charge in [0.15, 0.2) is 5.75 Å². The van der Waals surface area contributed by atoms with Gasteiger partial charge in [0.25, 0.3) is 0 Å². The number of aromatic nitrogens is 6. The molecule has 2 heterocycles. The van der Waals surface area contributed by atoms with Crippen LogP contribution in [0, 0.1) is 0 Å². The molecule has 22 heavy (non-hydrogen) atoms. The average Bonchev–Trinajstić information content (AvgIpc) is 3.19. The second-order valence-corrected chi connectivity index (χ2v) is 4.59. The molecule has 0 saturated heterocycles. The molecule has 0 radical (unpaired) electrons. The van der Waals surface area contributed by atoms with Crippen molar-refractivity contribution in [1.29, 1.82) is 0 Å². The number of carbonyl (C=O) groups excluding carboxylic acids is 1. The number of halogens is 1. The summed E-state index contributed by atoms with van der Waals surface area (Å²) in [5.41, 5.74) is 2.11. The van der Waals surface area contributed by atoms with Crippen LogP contribution in [0.2, 0.25) is 5.02 Å². The molecule has 0 aliphatic rings. The highest BCUT2D eigenvalue weighted by Gasteiger charge is 2.15. The molecule has 0 spiro atoms. The smallest absolute Gasteiger partial charge is 0.409 e. The van der Waals surface area contributed by atoms with E-state index < -0.39 is 6.09 Å². The molecule has 3 aromatic rings. The maximum atomic E-state index is 11.2. The Hall–Kier alpha value is -2.94. The minimum absolute atomic E-state index is 0.259. The molecule has 2 aromatic heterocycles. The molecule has 0 saturated carbocycles. The number of hydrogen-bond acceptors (Lipinski definition) is 6. The van der Waals surface area contributed by atoms with E-state index in [1.807, 2.05) is 0 Å². The van der Waals surface area contributed by atoms with Gasteiger partial charge in [-0.05, 0) is 22.9 Å². The zero-order valence-electron chi connectivity index (χ0n) is 11.3. The standard InChI is InChI=1S/C12H10ClN7O2/c1-14-12(21)22-9-3-2-6(4-8(9)13)7-5-15-16-10(7)11-17-19-20-18-11/h2-5H,1H3,(H,14,21)(H,15,16)(H,17,18,19,20). The maximum absolute atomic E-state index is 11.2. The number of H-pyrrole nitrogens is 2. The molecule has 3 rings (SSSR count). The molecule has 0 atom stereocenters. The Morgan fingerprint density at radius 3 is 2.95 bits per heavy atom. The van der Waals surface area contributed by atoms with E-state index in [2.05, 4.69) is 36.1 Å². The SMILES string of the molecule is CNC(=O)Oc1ccc(-c2cn[nH]c2-c2nn[nH]n2)cc1Cl. The van der Waals surface area contributed by atoms with E-state index in [-0.39, 0.29) is 5.75 Å². The van der Waals surface area contributed by atoms with Crippen molar-refractivity contribution < 1.29 is 9.53 Å². The molecule has 0 unspecified atom stereocenters. The van der Waals surface area contributed by atoms with Gasteiger partial charge in [0, 0.05) is 12.6 Å². The van der Waals surface area contributed by atoms with Gasteiger partial charge in [0.1, 0.15) is 5.69 Å². The highest BCUT2D eigenvalue weighted by Crippen LogP contribution is 2.33. The van der Waals surface area contributed by atoms with Crippen molar-refractivity contribution in [2.75, 3.05) is 7.05 Å². The minimum Gasteiger partial charge on any atom is -0.409 e. The number of aromatic amines is 2. The fourth-order valence-electron chi connectivity index (χ4n) is 1.85. The molecular formula is C12H10ClN7O2. The first-order valence-corrected chi connectivity index (χ1v) is 6.53. The van der Waals surface area contributed by atoms with Gasteiger partial charge in [-0.2, -0.15) is 10.3 Å². The molecule has 1 aromatic carbocycles. The minimum atomic E-state index is -0.592. The lowest BCUT2D eigenvalue weighted by Gasteiger charge is -2.07. The lowest BCUT2D eigenvalue weighted by molar-refractivity contribution is 0.203. The van der Waals surface area contributed by atoms with Crippen molar-refractivity contribution in [3.05, 3.63) is 29.4 Å². The molecule has 112 valence electrons. The van der Waals surface area contributed by atoms with E-state index in [1.54, 1.807) is 24.4 Å². The second-order valence-electron chi connectivity index (χ2n) is 4.18. The summed E-state index contributed by atoms with van der Waals surface area (Å²) in [4.78, 5) is 11.2. The highest BCUT2D eigenvalue weighted by atomic mass is 35.5. The Labute approximate surface area is 129 Å². The number of nitrogens with zero attached hydrogens (tertiary/aromatic N) is 4. The normalized spacial score (nSPS) is 10.5. The Morgan fingerprint density at radius 2 is 2.27 bits per heavy atom. The third kappa shape index (κ3) is 2.61. The summed E-state index contributed by atoms with van der Waals surface area (Å²) in [5, 5.41) is 23.1. The van der Waals surface area contributed by atoms with Crippen molar-refractivity contribution in [3.8, 4) is 28.4 Å². The topological polar surface area (TPSA) is 121 Å². The molecular weight excluding hydrogens is 310 g/mol. The molecule has 0 fully saturated rings. The Kier molecular flexibility index (Phi) is 3.71. The van der Waals surface area contributed by atoms with Gasteiger partial charge in [0.2, 0.25) is 5.82 Å². The van der Waals surface area contributed by atoms with Gasteiger partial charge < -0.3 is 10.1 Å². The van der Waals surface area contributed by atoms with Crippen LogP contribution in [0.4, 0.5) is 4.79 Å². The Bertz CT molecular complexity index is 800. The van der Waals surface area contributed by atoms with E-state index in [0.29, 0.717) is 16.5 Å². The van der Waals surface area contributed by atoms with Gasteiger partial charge in [-0.1, -0.05) is 17.7 Å². The lowest BCUT2D eigenvalue weighted by atomic mass is 10.1. The number of nitrogens with one attached hydrogen (secondary N) is 3. The van der Waals surface area contributed by atoms with Crippen LogP contribution >= 0.6 is 11.6 Å². The molecule has 10 heteroatoms. The summed E-state index contributed by atoms with van der Waals surface area (Å²) < 4.78 is 5.02. The summed E-state index contributed by atoms with van der Waals surface area (Å²) in [6.45, 7) is 0. The lowest BCUT2D eigenvalue weighted by Crippen LogP contribution is -2.22. The van der Waals surface area contributed by atoms with Crippen LogP contribution in [0.1, 0.15) is 0 Å². The van der Waals surface area contributed by atoms with E-state index in [0.717, 1.165) is 11.1 Å². The zero-order chi connectivity index (χ0) is 15.5. The fourth-order valence-corrected chi connectivity index (χ4v) is 2.06. The quantitative estimate of drug-likeness (QED) is 0.674. The van der Waals surface area contributed by atoms with Gasteiger partial charge in [-0.3, -0.25) is 5.10 Å². The highest BCUT2D eigenvalue weighted by molar-refractivity contribution is 6.32. The predicted octanol–water partition coefficient (Wildman–Crippen LogP) is 1.63. The molecule has 0 aliphatic carbocycles. The zero-order valence-corrected chi connectivity index (χ0v) is 12.0. The number of carbonyl (C=O) groups is 1. The fraction of sp³-hybridized carbons (Fsp3) is 0.0833. The predicted molar refractivity (Wildman–Crippen MR) is 77.3 cm³/mol. The van der Waals surface area contributed by atoms with Crippen LogP contribution in [0.15, 0.2) is 24.4 Å². The number of hydrogen-bond donors (Lipinski definition) is 3. The Morgan fingerprint density at radius 1 is 1.41 bits per heavy atom.